The number of rotatable bonds is 0. The molecule has 0 saturated heterocycles. The lowest BCUT2D eigenvalue weighted by Crippen LogP contribution is -2.44. The van der Waals surface area contributed by atoms with Crippen LogP contribution in [0.15, 0.2) is 0 Å². The second-order valence-corrected chi connectivity index (χ2v) is 7.70. The van der Waals surface area contributed by atoms with E-state index in [2.05, 4.69) is 27.7 Å². The van der Waals surface area contributed by atoms with Crippen molar-refractivity contribution in [3.05, 3.63) is 0 Å². The van der Waals surface area contributed by atoms with Crippen LogP contribution in [0.3, 0.4) is 0 Å². The topological polar surface area (TPSA) is 20.2 Å². The van der Waals surface area contributed by atoms with Crippen molar-refractivity contribution in [1.29, 1.82) is 0 Å². The first-order chi connectivity index (χ1) is 7.31. The molecule has 3 aliphatic carbocycles. The molecule has 1 nitrogen and oxygen atoms in total. The Labute approximate surface area is 99.6 Å². The van der Waals surface area contributed by atoms with E-state index in [1.807, 2.05) is 0 Å². The van der Waals surface area contributed by atoms with Gasteiger partial charge in [0, 0.05) is 0 Å². The van der Waals surface area contributed by atoms with Crippen LogP contribution in [0.2, 0.25) is 0 Å². The van der Waals surface area contributed by atoms with Crippen LogP contribution in [-0.2, 0) is 0 Å². The van der Waals surface area contributed by atoms with Crippen molar-refractivity contribution in [1.82, 2.24) is 0 Å². The lowest BCUT2D eigenvalue weighted by molar-refractivity contribution is -0.0717. The standard InChI is InChI=1S/C15H26O/c1-10-5-6-11-13(2,3)12-9-15(10,11)8-7-14(12,4)16/h10-12,16H,5-9H2,1-4H3/t10-,11+,12+,14+,15+/m1/s1. The highest BCUT2D eigenvalue weighted by molar-refractivity contribution is 5.16. The molecule has 0 amide bonds. The summed E-state index contributed by atoms with van der Waals surface area (Å²) >= 11 is 0. The number of hydrogen-bond acceptors (Lipinski definition) is 1. The van der Waals surface area contributed by atoms with Crippen LogP contribution in [0.4, 0.5) is 0 Å². The summed E-state index contributed by atoms with van der Waals surface area (Å²) in [5.74, 6) is 2.29. The van der Waals surface area contributed by atoms with Crippen LogP contribution in [0.1, 0.15) is 59.8 Å². The molecule has 3 rings (SSSR count). The Hall–Kier alpha value is -0.0400. The van der Waals surface area contributed by atoms with Gasteiger partial charge >= 0.3 is 0 Å². The lowest BCUT2D eigenvalue weighted by Gasteiger charge is -2.44. The maximum atomic E-state index is 10.6. The zero-order valence-electron chi connectivity index (χ0n) is 11.2. The van der Waals surface area contributed by atoms with E-state index in [4.69, 9.17) is 0 Å². The maximum absolute atomic E-state index is 10.6. The highest BCUT2D eigenvalue weighted by Crippen LogP contribution is 2.73. The molecule has 0 aromatic carbocycles. The molecule has 2 bridgehead atoms. The third-order valence-corrected chi connectivity index (χ3v) is 6.79. The molecular formula is C15H26O. The molecule has 3 saturated carbocycles. The normalized spacial score (nSPS) is 58.7. The number of hydrogen-bond donors (Lipinski definition) is 1. The third kappa shape index (κ3) is 1.06. The summed E-state index contributed by atoms with van der Waals surface area (Å²) in [6.07, 6.45) is 6.41. The summed E-state index contributed by atoms with van der Waals surface area (Å²) in [6, 6.07) is 0. The number of aliphatic hydroxyl groups is 1. The van der Waals surface area contributed by atoms with E-state index < -0.39 is 5.60 Å². The van der Waals surface area contributed by atoms with Gasteiger partial charge in [-0.1, -0.05) is 20.8 Å². The molecule has 0 unspecified atom stereocenters. The van der Waals surface area contributed by atoms with Crippen LogP contribution in [0, 0.1) is 28.6 Å². The van der Waals surface area contributed by atoms with E-state index in [1.165, 1.54) is 25.7 Å². The molecule has 1 spiro atoms. The summed E-state index contributed by atoms with van der Waals surface area (Å²) in [4.78, 5) is 0. The Balaban J connectivity index is 2.07. The fourth-order valence-electron chi connectivity index (χ4n) is 5.88. The average Bonchev–Trinajstić information content (AvgIpc) is 2.58. The summed E-state index contributed by atoms with van der Waals surface area (Å²) in [5, 5.41) is 10.6. The first kappa shape index (κ1) is 11.1. The molecule has 1 N–H and O–H groups in total. The lowest BCUT2D eigenvalue weighted by atomic mass is 9.64. The van der Waals surface area contributed by atoms with Crippen molar-refractivity contribution in [2.24, 2.45) is 28.6 Å². The molecule has 92 valence electrons. The van der Waals surface area contributed by atoms with E-state index in [9.17, 15) is 5.11 Å². The fourth-order valence-corrected chi connectivity index (χ4v) is 5.88. The summed E-state index contributed by atoms with van der Waals surface area (Å²) in [6.45, 7) is 9.38. The van der Waals surface area contributed by atoms with Gasteiger partial charge in [0.25, 0.3) is 0 Å². The predicted molar refractivity (Wildman–Crippen MR) is 66.1 cm³/mol. The van der Waals surface area contributed by atoms with Gasteiger partial charge in [0.1, 0.15) is 0 Å². The molecular weight excluding hydrogens is 196 g/mol. The molecule has 0 aromatic rings. The van der Waals surface area contributed by atoms with E-state index in [-0.39, 0.29) is 0 Å². The Morgan fingerprint density at radius 2 is 1.69 bits per heavy atom. The van der Waals surface area contributed by atoms with Crippen LogP contribution in [-0.4, -0.2) is 10.7 Å². The predicted octanol–water partition coefficient (Wildman–Crippen LogP) is 3.61. The maximum Gasteiger partial charge on any atom is 0.0653 e. The van der Waals surface area contributed by atoms with Crippen molar-refractivity contribution >= 4 is 0 Å². The van der Waals surface area contributed by atoms with E-state index in [0.29, 0.717) is 16.7 Å². The van der Waals surface area contributed by atoms with Gasteiger partial charge in [0.15, 0.2) is 0 Å². The van der Waals surface area contributed by atoms with Gasteiger partial charge in [-0.3, -0.25) is 0 Å². The first-order valence-corrected chi connectivity index (χ1v) is 7.03. The van der Waals surface area contributed by atoms with Gasteiger partial charge in [-0.05, 0) is 67.6 Å². The minimum atomic E-state index is -0.404. The summed E-state index contributed by atoms with van der Waals surface area (Å²) in [7, 11) is 0. The fraction of sp³-hybridized carbons (Fsp3) is 1.00. The third-order valence-electron chi connectivity index (χ3n) is 6.79. The quantitative estimate of drug-likeness (QED) is 0.664. The molecule has 0 aromatic heterocycles. The molecule has 16 heavy (non-hydrogen) atoms. The molecule has 3 aliphatic rings. The monoisotopic (exact) mass is 222 g/mol. The van der Waals surface area contributed by atoms with Crippen molar-refractivity contribution in [3.8, 4) is 0 Å². The largest absolute Gasteiger partial charge is 0.390 e. The van der Waals surface area contributed by atoms with Gasteiger partial charge < -0.3 is 5.11 Å². The van der Waals surface area contributed by atoms with Gasteiger partial charge in [-0.25, -0.2) is 0 Å². The molecule has 0 radical (unpaired) electrons. The zero-order chi connectivity index (χ0) is 11.8. The second kappa shape index (κ2) is 2.85. The zero-order valence-corrected chi connectivity index (χ0v) is 11.2. The first-order valence-electron chi connectivity index (χ1n) is 7.03. The van der Waals surface area contributed by atoms with Crippen LogP contribution in [0.25, 0.3) is 0 Å². The van der Waals surface area contributed by atoms with Crippen molar-refractivity contribution in [2.75, 3.05) is 0 Å². The highest BCUT2D eigenvalue weighted by atomic mass is 16.3. The van der Waals surface area contributed by atoms with Gasteiger partial charge in [-0.15, -0.1) is 0 Å². The number of fused-ring (bicyclic) bond motifs is 1. The second-order valence-electron chi connectivity index (χ2n) is 7.70. The molecule has 0 aliphatic heterocycles. The van der Waals surface area contributed by atoms with Gasteiger partial charge in [-0.2, -0.15) is 0 Å². The SMILES string of the molecule is C[C@@H]1CC[C@H]2C(C)(C)[C@@H]3C[C@@]12CC[C@]3(C)O. The van der Waals surface area contributed by atoms with E-state index >= 15 is 0 Å². The van der Waals surface area contributed by atoms with Gasteiger partial charge in [0.05, 0.1) is 5.60 Å². The van der Waals surface area contributed by atoms with Crippen molar-refractivity contribution in [2.45, 2.75) is 65.4 Å². The highest BCUT2D eigenvalue weighted by Gasteiger charge is 2.67. The minimum absolute atomic E-state index is 0.352. The Kier molecular flexibility index (Phi) is 1.98. The minimum Gasteiger partial charge on any atom is -0.390 e. The molecule has 5 atom stereocenters. The van der Waals surface area contributed by atoms with Gasteiger partial charge in [0.2, 0.25) is 0 Å². The van der Waals surface area contributed by atoms with E-state index in [1.54, 1.807) is 0 Å². The Bertz CT molecular complexity index is 313. The summed E-state index contributed by atoms with van der Waals surface area (Å²) in [5.41, 5.74) is 0.542. The van der Waals surface area contributed by atoms with Crippen LogP contribution < -0.4 is 0 Å². The van der Waals surface area contributed by atoms with E-state index in [0.717, 1.165) is 18.3 Å². The molecule has 0 heterocycles. The van der Waals surface area contributed by atoms with Crippen molar-refractivity contribution in [3.63, 3.8) is 0 Å². The Morgan fingerprint density at radius 1 is 1.00 bits per heavy atom. The molecule has 1 heteroatoms. The average molecular weight is 222 g/mol. The van der Waals surface area contributed by atoms with Crippen molar-refractivity contribution < 1.29 is 5.11 Å². The summed E-state index contributed by atoms with van der Waals surface area (Å²) < 4.78 is 0. The van der Waals surface area contributed by atoms with Crippen LogP contribution in [0.5, 0.6) is 0 Å². The Morgan fingerprint density at radius 3 is 2.38 bits per heavy atom. The van der Waals surface area contributed by atoms with Crippen LogP contribution >= 0.6 is 0 Å². The smallest absolute Gasteiger partial charge is 0.0653 e. The molecule has 3 fully saturated rings.